The van der Waals surface area contributed by atoms with Gasteiger partial charge in [-0.05, 0) is 26.5 Å². The van der Waals surface area contributed by atoms with E-state index in [1.54, 1.807) is 27.0 Å². The lowest BCUT2D eigenvalue weighted by Crippen LogP contribution is -2.20. The topological polar surface area (TPSA) is 121 Å². The van der Waals surface area contributed by atoms with Crippen LogP contribution < -0.4 is 5.32 Å². The molecule has 0 spiro atoms. The number of hydrogen-bond donors (Lipinski definition) is 1. The first kappa shape index (κ1) is 21.0. The third-order valence-electron chi connectivity index (χ3n) is 4.08. The maximum Gasteiger partial charge on any atom is 0.340 e. The molecule has 0 unspecified atom stereocenters. The molecule has 0 fully saturated rings. The average molecular weight is 387 g/mol. The third kappa shape index (κ3) is 4.32. The highest BCUT2D eigenvalue weighted by Crippen LogP contribution is 2.34. The number of pyridine rings is 1. The summed E-state index contributed by atoms with van der Waals surface area (Å²) >= 11 is 0. The normalized spacial score (nSPS) is 10.4. The quantitative estimate of drug-likeness (QED) is 0.333. The van der Waals surface area contributed by atoms with Crippen molar-refractivity contribution in [2.75, 3.05) is 27.3 Å². The number of aryl methyl sites for hydroxylation is 2. The zero-order valence-corrected chi connectivity index (χ0v) is 16.1. The fourth-order valence-electron chi connectivity index (χ4n) is 2.83. The van der Waals surface area contributed by atoms with E-state index < -0.39 is 16.9 Å². The van der Waals surface area contributed by atoms with Crippen molar-refractivity contribution in [2.45, 2.75) is 13.8 Å². The number of aromatic nitrogens is 1. The van der Waals surface area contributed by atoms with Gasteiger partial charge in [-0.1, -0.05) is 12.1 Å². The van der Waals surface area contributed by atoms with Gasteiger partial charge in [0.15, 0.2) is 0 Å². The minimum atomic E-state index is -0.698. The minimum absolute atomic E-state index is 0.0640. The zero-order valence-electron chi connectivity index (χ0n) is 16.1. The summed E-state index contributed by atoms with van der Waals surface area (Å²) in [6.45, 7) is 3.78. The maximum absolute atomic E-state index is 12.8. The van der Waals surface area contributed by atoms with Crippen LogP contribution in [-0.2, 0) is 9.47 Å². The van der Waals surface area contributed by atoms with Crippen LogP contribution in [0.1, 0.15) is 32.1 Å². The Kier molecular flexibility index (Phi) is 6.78. The number of carbonyl (C=O) groups is 2. The molecule has 9 heteroatoms. The Bertz CT molecular complexity index is 926. The number of esters is 2. The Balaban J connectivity index is 2.78. The van der Waals surface area contributed by atoms with Gasteiger partial charge in [-0.15, -0.1) is 0 Å². The van der Waals surface area contributed by atoms with Gasteiger partial charge in [0.25, 0.3) is 5.69 Å². The molecule has 0 aliphatic heterocycles. The summed E-state index contributed by atoms with van der Waals surface area (Å²) in [5.74, 6) is -1.37. The SMILES string of the molecule is CNCCOC(=O)c1c(C)nc(C)c(C(=O)OC)c1-c1cccc([N+](=O)[O-])c1. The molecule has 0 amide bonds. The summed E-state index contributed by atoms with van der Waals surface area (Å²) in [5.41, 5.74) is 1.18. The molecule has 1 heterocycles. The van der Waals surface area contributed by atoms with Crippen LogP contribution in [-0.4, -0.2) is 49.2 Å². The van der Waals surface area contributed by atoms with Crippen molar-refractivity contribution < 1.29 is 24.0 Å². The van der Waals surface area contributed by atoms with Crippen molar-refractivity contribution >= 4 is 17.6 Å². The van der Waals surface area contributed by atoms with Crippen LogP contribution in [0.15, 0.2) is 24.3 Å². The first-order chi connectivity index (χ1) is 13.3. The predicted molar refractivity (Wildman–Crippen MR) is 101 cm³/mol. The van der Waals surface area contributed by atoms with E-state index in [0.29, 0.717) is 23.5 Å². The molecule has 9 nitrogen and oxygen atoms in total. The van der Waals surface area contributed by atoms with Gasteiger partial charge in [-0.25, -0.2) is 9.59 Å². The number of nitrogens with zero attached hydrogens (tertiary/aromatic N) is 2. The monoisotopic (exact) mass is 387 g/mol. The predicted octanol–water partition coefficient (Wildman–Crippen LogP) is 2.44. The van der Waals surface area contributed by atoms with Gasteiger partial charge in [0.1, 0.15) is 6.61 Å². The molecule has 148 valence electrons. The van der Waals surface area contributed by atoms with E-state index in [0.717, 1.165) is 0 Å². The Morgan fingerprint density at radius 1 is 1.18 bits per heavy atom. The standard InChI is InChI=1S/C19H21N3O6/c1-11-15(18(23)27-4)17(13-6-5-7-14(10-13)22(25)26)16(12(2)21-11)19(24)28-9-8-20-3/h5-7,10,20H,8-9H2,1-4H3. The van der Waals surface area contributed by atoms with Crippen LogP contribution in [0.25, 0.3) is 11.1 Å². The number of non-ortho nitro benzene ring substituents is 1. The Morgan fingerprint density at radius 2 is 1.82 bits per heavy atom. The van der Waals surface area contributed by atoms with E-state index in [9.17, 15) is 19.7 Å². The van der Waals surface area contributed by atoms with Crippen LogP contribution in [0.2, 0.25) is 0 Å². The molecule has 0 atom stereocenters. The number of rotatable bonds is 7. The molecule has 0 bridgehead atoms. The highest BCUT2D eigenvalue weighted by Gasteiger charge is 2.28. The average Bonchev–Trinajstić information content (AvgIpc) is 2.67. The van der Waals surface area contributed by atoms with Gasteiger partial charge in [-0.2, -0.15) is 0 Å². The molecule has 2 rings (SSSR count). The lowest BCUT2D eigenvalue weighted by atomic mass is 9.92. The molecule has 0 aliphatic rings. The molecule has 0 aliphatic carbocycles. The Labute approximate surface area is 161 Å². The molecule has 28 heavy (non-hydrogen) atoms. The van der Waals surface area contributed by atoms with Crippen molar-refractivity contribution in [2.24, 2.45) is 0 Å². The summed E-state index contributed by atoms with van der Waals surface area (Å²) in [4.78, 5) is 40.1. The van der Waals surface area contributed by atoms with E-state index in [4.69, 9.17) is 9.47 Å². The van der Waals surface area contributed by atoms with E-state index in [2.05, 4.69) is 10.3 Å². The van der Waals surface area contributed by atoms with Crippen molar-refractivity contribution in [1.82, 2.24) is 10.3 Å². The largest absolute Gasteiger partial charge is 0.465 e. The van der Waals surface area contributed by atoms with Gasteiger partial charge in [0.05, 0.1) is 34.5 Å². The summed E-state index contributed by atoms with van der Waals surface area (Å²) in [6, 6.07) is 5.69. The van der Waals surface area contributed by atoms with Crippen LogP contribution in [0.4, 0.5) is 5.69 Å². The number of carbonyl (C=O) groups excluding carboxylic acids is 2. The summed E-state index contributed by atoms with van der Waals surface area (Å²) in [6.07, 6.45) is 0. The van der Waals surface area contributed by atoms with Gasteiger partial charge in [0, 0.05) is 24.2 Å². The number of hydrogen-bond acceptors (Lipinski definition) is 8. The smallest absolute Gasteiger partial charge is 0.340 e. The lowest BCUT2D eigenvalue weighted by molar-refractivity contribution is -0.384. The number of likely N-dealkylation sites (N-methyl/N-ethyl adjacent to an activating group) is 1. The van der Waals surface area contributed by atoms with Gasteiger partial charge >= 0.3 is 11.9 Å². The number of benzene rings is 1. The molecule has 1 aromatic carbocycles. The first-order valence-electron chi connectivity index (χ1n) is 8.47. The van der Waals surface area contributed by atoms with E-state index in [1.165, 1.54) is 25.3 Å². The van der Waals surface area contributed by atoms with E-state index >= 15 is 0 Å². The lowest BCUT2D eigenvalue weighted by Gasteiger charge is -2.17. The zero-order chi connectivity index (χ0) is 20.8. The molecule has 0 radical (unpaired) electrons. The molecule has 1 N–H and O–H groups in total. The molecule has 0 saturated carbocycles. The van der Waals surface area contributed by atoms with Crippen molar-refractivity contribution in [3.63, 3.8) is 0 Å². The fourth-order valence-corrected chi connectivity index (χ4v) is 2.83. The summed E-state index contributed by atoms with van der Waals surface area (Å²) in [7, 11) is 2.93. The molecule has 2 aromatic rings. The van der Waals surface area contributed by atoms with Gasteiger partial charge in [-0.3, -0.25) is 15.1 Å². The van der Waals surface area contributed by atoms with Gasteiger partial charge in [0.2, 0.25) is 0 Å². The van der Waals surface area contributed by atoms with Crippen LogP contribution in [0.5, 0.6) is 0 Å². The molecular formula is C19H21N3O6. The second kappa shape index (κ2) is 9.05. The number of nitrogens with one attached hydrogen (secondary N) is 1. The maximum atomic E-state index is 12.8. The van der Waals surface area contributed by atoms with Crippen LogP contribution >= 0.6 is 0 Å². The van der Waals surface area contributed by atoms with E-state index in [-0.39, 0.29) is 29.0 Å². The highest BCUT2D eigenvalue weighted by molar-refractivity contribution is 6.07. The van der Waals surface area contributed by atoms with E-state index in [1.807, 2.05) is 0 Å². The molecule has 0 saturated heterocycles. The van der Waals surface area contributed by atoms with Gasteiger partial charge < -0.3 is 14.8 Å². The molecule has 1 aromatic heterocycles. The van der Waals surface area contributed by atoms with Crippen LogP contribution in [0, 0.1) is 24.0 Å². The molecular weight excluding hydrogens is 366 g/mol. The van der Waals surface area contributed by atoms with Crippen molar-refractivity contribution in [1.29, 1.82) is 0 Å². The number of methoxy groups -OCH3 is 1. The fraction of sp³-hybridized carbons (Fsp3) is 0.316. The van der Waals surface area contributed by atoms with Crippen LogP contribution in [0.3, 0.4) is 0 Å². The number of ether oxygens (including phenoxy) is 2. The number of nitro groups is 1. The minimum Gasteiger partial charge on any atom is -0.465 e. The second-order valence-corrected chi connectivity index (χ2v) is 5.95. The summed E-state index contributed by atoms with van der Waals surface area (Å²) < 4.78 is 10.1. The Hall–Kier alpha value is -3.33. The van der Waals surface area contributed by atoms with Crippen molar-refractivity contribution in [3.8, 4) is 11.1 Å². The third-order valence-corrected chi connectivity index (χ3v) is 4.08. The first-order valence-corrected chi connectivity index (χ1v) is 8.47. The highest BCUT2D eigenvalue weighted by atomic mass is 16.6. The number of nitro benzene ring substituents is 1. The second-order valence-electron chi connectivity index (χ2n) is 5.95. The Morgan fingerprint density at radius 3 is 2.39 bits per heavy atom. The summed E-state index contributed by atoms with van der Waals surface area (Å²) in [5, 5.41) is 14.1. The van der Waals surface area contributed by atoms with Crippen molar-refractivity contribution in [3.05, 3.63) is 56.9 Å².